The number of hydrogen-bond acceptors (Lipinski definition) is 2. The lowest BCUT2D eigenvalue weighted by Crippen LogP contribution is -2.15. The van der Waals surface area contributed by atoms with Gasteiger partial charge in [0.2, 0.25) is 0 Å². The molecule has 2 rings (SSSR count). The third-order valence-electron chi connectivity index (χ3n) is 3.58. The van der Waals surface area contributed by atoms with Crippen molar-refractivity contribution in [3.05, 3.63) is 40.8 Å². The topological polar surface area (TPSA) is 52.5 Å². The van der Waals surface area contributed by atoms with E-state index < -0.39 is 5.41 Å². The van der Waals surface area contributed by atoms with Crippen LogP contribution in [0.5, 0.6) is 0 Å². The van der Waals surface area contributed by atoms with E-state index in [4.69, 9.17) is 5.26 Å². The number of H-pyrrole nitrogens is 1. The first-order valence-corrected chi connectivity index (χ1v) is 6.40. The molecule has 0 radical (unpaired) electrons. The number of nitrogens with one attached hydrogen (secondary N) is 1. The summed E-state index contributed by atoms with van der Waals surface area (Å²) in [5.74, 6) is 0.711. The normalized spacial score (nSPS) is 11.4. The molecule has 2 aromatic rings. The number of benzene rings is 1. The predicted octanol–water partition coefficient (Wildman–Crippen LogP) is 3.80. The van der Waals surface area contributed by atoms with Crippen LogP contribution in [0.15, 0.2) is 18.3 Å². The van der Waals surface area contributed by atoms with Crippen LogP contribution in [-0.2, 0) is 5.41 Å². The quantitative estimate of drug-likeness (QED) is 0.885. The molecule has 0 saturated heterocycles. The highest BCUT2D eigenvalue weighted by Gasteiger charge is 2.23. The van der Waals surface area contributed by atoms with Gasteiger partial charge in [0, 0.05) is 5.56 Å². The molecule has 3 heteroatoms. The average molecular weight is 253 g/mol. The Morgan fingerprint density at radius 3 is 2.37 bits per heavy atom. The van der Waals surface area contributed by atoms with Gasteiger partial charge in [0.15, 0.2) is 0 Å². The van der Waals surface area contributed by atoms with E-state index in [9.17, 15) is 0 Å². The number of aromatic nitrogens is 2. The van der Waals surface area contributed by atoms with Crippen LogP contribution in [-0.4, -0.2) is 9.97 Å². The molecule has 0 spiro atoms. The summed E-state index contributed by atoms with van der Waals surface area (Å²) < 4.78 is 0. The first-order valence-electron chi connectivity index (χ1n) is 6.40. The molecule has 0 atom stereocenters. The van der Waals surface area contributed by atoms with Crippen LogP contribution in [0.4, 0.5) is 0 Å². The summed E-state index contributed by atoms with van der Waals surface area (Å²) in [4.78, 5) is 7.62. The molecule has 1 N–H and O–H groups in total. The van der Waals surface area contributed by atoms with E-state index in [-0.39, 0.29) is 0 Å². The summed E-state index contributed by atoms with van der Waals surface area (Å²) in [6, 6.07) is 6.61. The van der Waals surface area contributed by atoms with Crippen molar-refractivity contribution in [3.63, 3.8) is 0 Å². The van der Waals surface area contributed by atoms with Crippen molar-refractivity contribution in [1.29, 1.82) is 5.26 Å². The molecule has 0 amide bonds. The fourth-order valence-corrected chi connectivity index (χ4v) is 2.08. The maximum Gasteiger partial charge on any atom is 0.126 e. The monoisotopic (exact) mass is 253 g/mol. The molecule has 0 unspecified atom stereocenters. The highest BCUT2D eigenvalue weighted by molar-refractivity contribution is 5.65. The molecular weight excluding hydrogens is 234 g/mol. The highest BCUT2D eigenvalue weighted by Crippen LogP contribution is 2.27. The van der Waals surface area contributed by atoms with Crippen LogP contribution in [0.25, 0.3) is 11.3 Å². The third-order valence-corrected chi connectivity index (χ3v) is 3.58. The van der Waals surface area contributed by atoms with Crippen LogP contribution in [0.3, 0.4) is 0 Å². The van der Waals surface area contributed by atoms with E-state index in [1.54, 1.807) is 0 Å². The standard InChI is InChI=1S/C16H19N3/c1-10-6-12(3)13(7-11(10)2)14-8-18-15(19-14)16(4,5)9-17/h6-8H,1-5H3,(H,18,19). The van der Waals surface area contributed by atoms with Gasteiger partial charge in [-0.15, -0.1) is 0 Å². The van der Waals surface area contributed by atoms with Gasteiger partial charge >= 0.3 is 0 Å². The average Bonchev–Trinajstić information content (AvgIpc) is 2.84. The Morgan fingerprint density at radius 2 is 1.74 bits per heavy atom. The number of imidazole rings is 1. The second-order valence-electron chi connectivity index (χ2n) is 5.63. The van der Waals surface area contributed by atoms with Gasteiger partial charge in [0.1, 0.15) is 11.2 Å². The van der Waals surface area contributed by atoms with E-state index in [1.165, 1.54) is 16.7 Å². The van der Waals surface area contributed by atoms with Crippen LogP contribution in [0, 0.1) is 32.1 Å². The zero-order valence-electron chi connectivity index (χ0n) is 12.1. The van der Waals surface area contributed by atoms with E-state index in [2.05, 4.69) is 48.9 Å². The predicted molar refractivity (Wildman–Crippen MR) is 76.9 cm³/mol. The second-order valence-corrected chi connectivity index (χ2v) is 5.63. The van der Waals surface area contributed by atoms with Gasteiger partial charge in [0.05, 0.1) is 18.0 Å². The van der Waals surface area contributed by atoms with Crippen molar-refractivity contribution >= 4 is 0 Å². The minimum atomic E-state index is -0.591. The minimum Gasteiger partial charge on any atom is -0.341 e. The Balaban J connectivity index is 2.50. The van der Waals surface area contributed by atoms with Crippen LogP contribution in [0.1, 0.15) is 36.4 Å². The lowest BCUT2D eigenvalue weighted by molar-refractivity contribution is 0.640. The summed E-state index contributed by atoms with van der Waals surface area (Å²) in [5, 5.41) is 9.15. The summed E-state index contributed by atoms with van der Waals surface area (Å²) in [6.07, 6.45) is 1.81. The van der Waals surface area contributed by atoms with Crippen LogP contribution in [0.2, 0.25) is 0 Å². The molecule has 0 aliphatic heterocycles. The van der Waals surface area contributed by atoms with Crippen LogP contribution >= 0.6 is 0 Å². The molecule has 3 nitrogen and oxygen atoms in total. The molecule has 0 bridgehead atoms. The smallest absolute Gasteiger partial charge is 0.126 e. The number of nitrogens with zero attached hydrogens (tertiary/aromatic N) is 2. The Morgan fingerprint density at radius 1 is 1.11 bits per heavy atom. The molecule has 1 aromatic carbocycles. The van der Waals surface area contributed by atoms with Gasteiger partial charge in [-0.1, -0.05) is 6.07 Å². The first-order chi connectivity index (χ1) is 8.85. The molecule has 98 valence electrons. The van der Waals surface area contributed by atoms with Gasteiger partial charge in [-0.3, -0.25) is 0 Å². The third kappa shape index (κ3) is 2.39. The zero-order valence-corrected chi connectivity index (χ0v) is 12.1. The first kappa shape index (κ1) is 13.4. The fourth-order valence-electron chi connectivity index (χ4n) is 2.08. The van der Waals surface area contributed by atoms with Crippen molar-refractivity contribution in [1.82, 2.24) is 9.97 Å². The SMILES string of the molecule is Cc1cc(C)c(-c2cnc(C(C)(C)C#N)[nH]2)cc1C. The maximum absolute atomic E-state index is 9.15. The second kappa shape index (κ2) is 4.55. The number of nitriles is 1. The lowest BCUT2D eigenvalue weighted by Gasteiger charge is -2.11. The molecular formula is C16H19N3. The Bertz CT molecular complexity index is 657. The van der Waals surface area contributed by atoms with E-state index in [1.807, 2.05) is 20.0 Å². The summed E-state index contributed by atoms with van der Waals surface area (Å²) >= 11 is 0. The van der Waals surface area contributed by atoms with Gasteiger partial charge in [-0.2, -0.15) is 5.26 Å². The summed E-state index contributed by atoms with van der Waals surface area (Å²) in [6.45, 7) is 10.0. The minimum absolute atomic E-state index is 0.591. The van der Waals surface area contributed by atoms with E-state index in [0.29, 0.717) is 5.82 Å². The van der Waals surface area contributed by atoms with Gasteiger partial charge in [-0.25, -0.2) is 4.98 Å². The largest absolute Gasteiger partial charge is 0.341 e. The number of hydrogen-bond donors (Lipinski definition) is 1. The van der Waals surface area contributed by atoms with Crippen molar-refractivity contribution in [2.45, 2.75) is 40.0 Å². The van der Waals surface area contributed by atoms with E-state index >= 15 is 0 Å². The number of aromatic amines is 1. The molecule has 1 aromatic heterocycles. The fraction of sp³-hybridized carbons (Fsp3) is 0.375. The van der Waals surface area contributed by atoms with Crippen molar-refractivity contribution in [2.24, 2.45) is 0 Å². The van der Waals surface area contributed by atoms with Crippen molar-refractivity contribution in [2.75, 3.05) is 0 Å². The number of aryl methyl sites for hydroxylation is 3. The molecule has 19 heavy (non-hydrogen) atoms. The molecule has 0 fully saturated rings. The molecule has 0 aliphatic rings. The van der Waals surface area contributed by atoms with Crippen molar-refractivity contribution < 1.29 is 0 Å². The van der Waals surface area contributed by atoms with Gasteiger partial charge < -0.3 is 4.98 Å². The van der Waals surface area contributed by atoms with Crippen LogP contribution < -0.4 is 0 Å². The van der Waals surface area contributed by atoms with Gasteiger partial charge in [0.25, 0.3) is 0 Å². The van der Waals surface area contributed by atoms with Gasteiger partial charge in [-0.05, 0) is 57.4 Å². The molecule has 0 saturated carbocycles. The molecule has 0 aliphatic carbocycles. The lowest BCUT2D eigenvalue weighted by atomic mass is 9.95. The maximum atomic E-state index is 9.15. The highest BCUT2D eigenvalue weighted by atomic mass is 14.9. The zero-order chi connectivity index (χ0) is 14.2. The van der Waals surface area contributed by atoms with E-state index in [0.717, 1.165) is 11.3 Å². The number of rotatable bonds is 2. The Hall–Kier alpha value is -2.08. The Kier molecular flexibility index (Phi) is 3.20. The Labute approximate surface area is 114 Å². The molecule has 1 heterocycles. The van der Waals surface area contributed by atoms with Crippen molar-refractivity contribution in [3.8, 4) is 17.3 Å². The summed E-state index contributed by atoms with van der Waals surface area (Å²) in [7, 11) is 0. The summed E-state index contributed by atoms with van der Waals surface area (Å²) in [5.41, 5.74) is 5.29.